The van der Waals surface area contributed by atoms with Crippen LogP contribution >= 0.6 is 0 Å². The molecular weight excluding hydrogens is 878 g/mol. The van der Waals surface area contributed by atoms with E-state index < -0.39 is 77.1 Å². The number of rotatable bonds is 9. The fourth-order valence-electron chi connectivity index (χ4n) is 2.05. The summed E-state index contributed by atoms with van der Waals surface area (Å²) in [5.74, 6) is -55.4. The maximum absolute atomic E-state index is 13.8. The van der Waals surface area contributed by atoms with Crippen LogP contribution in [-0.4, -0.2) is 104 Å². The van der Waals surface area contributed by atoms with E-state index >= 15 is 0 Å². The molecule has 0 heterocycles. The van der Waals surface area contributed by atoms with E-state index in [1.54, 1.807) is 0 Å². The number of hydrogen-bond donors (Lipinski definition) is 0. The molecule has 0 aromatic rings. The molecule has 0 atom stereocenters. The third kappa shape index (κ3) is 5.56. The minimum atomic E-state index is -9.81. The normalized spacial score (nSPS) is 16.7. The topological polar surface area (TPSA) is 3.24 Å². The van der Waals surface area contributed by atoms with E-state index in [-0.39, 0.29) is 27.3 Å². The molecule has 1 nitrogen and oxygen atoms in total. The summed E-state index contributed by atoms with van der Waals surface area (Å²) in [5, 5.41) is 0. The molecule has 0 aliphatic carbocycles. The molecule has 0 aliphatic rings. The Kier molecular flexibility index (Phi) is 10.6. The van der Waals surface area contributed by atoms with Gasteiger partial charge in [-0.1, -0.05) is 0 Å². The van der Waals surface area contributed by atoms with Crippen molar-refractivity contribution in [1.82, 2.24) is 4.90 Å². The van der Waals surface area contributed by atoms with Crippen LogP contribution in [0.3, 0.4) is 0 Å². The van der Waals surface area contributed by atoms with Crippen LogP contribution in [-0.2, 0) is 0 Å². The van der Waals surface area contributed by atoms with Gasteiger partial charge in [0.25, 0.3) is 0 Å². The quantitative estimate of drug-likeness (QED) is 0.131. The minimum absolute atomic E-state index is 0. The van der Waals surface area contributed by atoms with Crippen LogP contribution in [0.25, 0.3) is 0 Å². The van der Waals surface area contributed by atoms with E-state index in [1.807, 2.05) is 0 Å². The van der Waals surface area contributed by atoms with Crippen LogP contribution in [0.15, 0.2) is 0 Å². The Morgan fingerprint density at radius 2 is 0.341 bits per heavy atom. The van der Waals surface area contributed by atoms with Crippen LogP contribution in [0.4, 0.5) is 119 Å². The summed E-state index contributed by atoms with van der Waals surface area (Å²) in [4.78, 5) is -6.15. The van der Waals surface area contributed by atoms with Crippen molar-refractivity contribution >= 4 is 27.3 Å². The predicted molar refractivity (Wildman–Crippen MR) is 73.1 cm³/mol. The van der Waals surface area contributed by atoms with Crippen molar-refractivity contribution in [3.63, 3.8) is 0 Å². The van der Waals surface area contributed by atoms with Crippen molar-refractivity contribution < 1.29 is 119 Å². The summed E-state index contributed by atoms with van der Waals surface area (Å²) >= 11 is 0. The van der Waals surface area contributed by atoms with E-state index in [1.165, 1.54) is 0 Å². The first kappa shape index (κ1) is 42.1. The number of alkyl halides is 27. The second-order valence-electron chi connectivity index (χ2n) is 6.90. The van der Waals surface area contributed by atoms with Crippen molar-refractivity contribution in [3.05, 3.63) is 0 Å². The predicted octanol–water partition coefficient (Wildman–Crippen LogP) is 7.65. The number of hydrogen-bond acceptors (Lipinski definition) is 1. The Morgan fingerprint density at radius 1 is 0.220 bits per heavy atom. The van der Waals surface area contributed by atoms with Crippen LogP contribution in [0, 0.1) is 0 Å². The first-order valence-corrected chi connectivity index (χ1v) is 8.02. The van der Waals surface area contributed by atoms with Gasteiger partial charge in [-0.3, -0.25) is 0 Å². The summed E-state index contributed by atoms with van der Waals surface area (Å²) < 4.78 is 349. The zero-order valence-corrected chi connectivity index (χ0v) is 22.9. The summed E-state index contributed by atoms with van der Waals surface area (Å²) in [6.07, 6.45) is -25.3. The summed E-state index contributed by atoms with van der Waals surface area (Å²) in [5.41, 5.74) is 0. The van der Waals surface area contributed by atoms with Gasteiger partial charge >= 0.3 is 99.5 Å². The van der Waals surface area contributed by atoms with Crippen LogP contribution in [0.2, 0.25) is 0 Å². The van der Waals surface area contributed by atoms with Gasteiger partial charge in [0.1, 0.15) is 0 Å². The standard InChI is InChI=1S/C12F27N.Pb.2H/c13-1(14,7(25,26)27)4(19,20)10(34,35)40(11(36,37)5(21,22)2(15,16)8(28,29)30)12(38,39)6(23,24)3(17,18)9(31,32)33;;;. The first-order valence-electron chi connectivity index (χ1n) is 8.02. The summed E-state index contributed by atoms with van der Waals surface area (Å²) in [6.45, 7) is 0. The van der Waals surface area contributed by atoms with E-state index in [0.717, 1.165) is 0 Å². The molecule has 0 aromatic carbocycles. The average molecular weight is 880 g/mol. The zero-order valence-electron chi connectivity index (χ0n) is 17.4. The Labute approximate surface area is 223 Å². The summed E-state index contributed by atoms with van der Waals surface area (Å²) in [6, 6.07) is -29.4. The molecule has 0 aliphatic heterocycles. The second kappa shape index (κ2) is 10.3. The molecule has 2 radical (unpaired) electrons. The molecule has 0 saturated heterocycles. The molecule has 41 heavy (non-hydrogen) atoms. The monoisotopic (exact) mass is 881 g/mol. The van der Waals surface area contributed by atoms with Crippen LogP contribution in [0.1, 0.15) is 0 Å². The Morgan fingerprint density at radius 3 is 0.439 bits per heavy atom. The van der Waals surface area contributed by atoms with Gasteiger partial charge < -0.3 is 0 Å². The van der Waals surface area contributed by atoms with Crippen LogP contribution < -0.4 is 0 Å². The zero-order chi connectivity index (χ0) is 33.6. The number of halogens is 27. The maximum atomic E-state index is 13.8. The van der Waals surface area contributed by atoms with Gasteiger partial charge in [0.05, 0.1) is 0 Å². The molecule has 0 unspecified atom stereocenters. The van der Waals surface area contributed by atoms with Crippen molar-refractivity contribution in [2.45, 2.75) is 72.2 Å². The van der Waals surface area contributed by atoms with Crippen molar-refractivity contribution in [3.8, 4) is 0 Å². The van der Waals surface area contributed by atoms with E-state index in [0.29, 0.717) is 0 Å². The Hall–Kier alpha value is -1.01. The molecule has 29 heteroatoms. The van der Waals surface area contributed by atoms with Gasteiger partial charge in [-0.15, -0.1) is 4.90 Å². The van der Waals surface area contributed by atoms with Gasteiger partial charge in [0.15, 0.2) is 0 Å². The second-order valence-corrected chi connectivity index (χ2v) is 6.90. The van der Waals surface area contributed by atoms with Crippen molar-refractivity contribution in [1.29, 1.82) is 0 Å². The van der Waals surface area contributed by atoms with Crippen molar-refractivity contribution in [2.24, 2.45) is 0 Å². The SMILES string of the molecule is FC(F)(F)C(F)(F)C(F)(F)C(F)(F)N(C(F)(F)C(F)(F)C(F)(F)C(F)(F)F)C(F)(F)C(F)(F)C(F)(F)C(F)(F)F.[PbH2]. The number of nitrogens with zero attached hydrogens (tertiary/aromatic N) is 1. The molecule has 0 amide bonds. The third-order valence-corrected chi connectivity index (χ3v) is 4.23. The van der Waals surface area contributed by atoms with E-state index in [9.17, 15) is 119 Å². The van der Waals surface area contributed by atoms with Gasteiger partial charge in [-0.05, 0) is 0 Å². The molecule has 0 aromatic heterocycles. The molecular formula is C12H2F27NPb. The first-order chi connectivity index (χ1) is 16.6. The summed E-state index contributed by atoms with van der Waals surface area (Å²) in [7, 11) is 0. The molecule has 248 valence electrons. The molecule has 0 spiro atoms. The third-order valence-electron chi connectivity index (χ3n) is 4.23. The molecule has 0 rings (SSSR count). The fourth-order valence-corrected chi connectivity index (χ4v) is 2.05. The molecule has 0 N–H and O–H groups in total. The fraction of sp³-hybridized carbons (Fsp3) is 1.00. The van der Waals surface area contributed by atoms with E-state index in [4.69, 9.17) is 0 Å². The van der Waals surface area contributed by atoms with E-state index in [2.05, 4.69) is 0 Å². The van der Waals surface area contributed by atoms with Gasteiger partial charge in [0.2, 0.25) is 0 Å². The van der Waals surface area contributed by atoms with Gasteiger partial charge in [-0.2, -0.15) is 119 Å². The average Bonchev–Trinajstić information content (AvgIpc) is 2.63. The van der Waals surface area contributed by atoms with Crippen LogP contribution in [0.5, 0.6) is 0 Å². The molecule has 0 fully saturated rings. The Balaban J connectivity index is 0. The van der Waals surface area contributed by atoms with Gasteiger partial charge in [0, 0.05) is 0 Å². The Bertz CT molecular complexity index is 799. The molecule has 0 bridgehead atoms. The van der Waals surface area contributed by atoms with Gasteiger partial charge in [-0.25, -0.2) is 0 Å². The molecule has 0 saturated carbocycles. The van der Waals surface area contributed by atoms with Crippen molar-refractivity contribution in [2.75, 3.05) is 0 Å².